The second kappa shape index (κ2) is 9.23. The highest BCUT2D eigenvalue weighted by molar-refractivity contribution is 9.10. The molecule has 0 saturated carbocycles. The first-order chi connectivity index (χ1) is 10.0. The summed E-state index contributed by atoms with van der Waals surface area (Å²) in [6.07, 6.45) is 1.68. The van der Waals surface area contributed by atoms with E-state index in [4.69, 9.17) is 4.74 Å². The van der Waals surface area contributed by atoms with Gasteiger partial charge < -0.3 is 10.1 Å². The highest BCUT2D eigenvalue weighted by atomic mass is 79.9. The van der Waals surface area contributed by atoms with Crippen LogP contribution in [0.15, 0.2) is 28.7 Å². The fourth-order valence-corrected chi connectivity index (χ4v) is 1.82. The quantitative estimate of drug-likeness (QED) is 0.683. The van der Waals surface area contributed by atoms with Gasteiger partial charge in [-0.2, -0.15) is 0 Å². The lowest BCUT2D eigenvalue weighted by atomic mass is 10.2. The van der Waals surface area contributed by atoms with Crippen LogP contribution in [-0.2, 0) is 4.79 Å². The molecule has 0 fully saturated rings. The van der Waals surface area contributed by atoms with Crippen LogP contribution >= 0.6 is 15.9 Å². The van der Waals surface area contributed by atoms with Gasteiger partial charge in [-0.05, 0) is 37.1 Å². The van der Waals surface area contributed by atoms with Gasteiger partial charge in [-0.25, -0.2) is 10.2 Å². The molecule has 0 aromatic heterocycles. The van der Waals surface area contributed by atoms with E-state index in [1.165, 1.54) is 0 Å². The lowest BCUT2D eigenvalue weighted by Crippen LogP contribution is -2.50. The zero-order chi connectivity index (χ0) is 15.7. The first kappa shape index (κ1) is 17.3. The van der Waals surface area contributed by atoms with E-state index in [1.807, 2.05) is 26.0 Å². The molecule has 0 spiro atoms. The van der Waals surface area contributed by atoms with Crippen LogP contribution in [0.2, 0.25) is 0 Å². The standard InChI is InChI=1S/C14H20BrN3O3/c1-3-11(4-2)16-14(20)18-17-13(19)9-21-12-7-5-10(15)6-8-12/h5-8,11H,3-4,9H2,1-2H3,(H,17,19)(H2,16,18,20). The van der Waals surface area contributed by atoms with Crippen molar-refractivity contribution in [3.63, 3.8) is 0 Å². The Labute approximate surface area is 132 Å². The van der Waals surface area contributed by atoms with Gasteiger partial charge >= 0.3 is 6.03 Å². The monoisotopic (exact) mass is 357 g/mol. The first-order valence-electron chi connectivity index (χ1n) is 6.78. The van der Waals surface area contributed by atoms with Gasteiger partial charge in [0.05, 0.1) is 0 Å². The second-order valence-corrected chi connectivity index (χ2v) is 5.32. The molecule has 0 bridgehead atoms. The molecule has 0 unspecified atom stereocenters. The number of hydrazine groups is 1. The van der Waals surface area contributed by atoms with Gasteiger partial charge in [0.15, 0.2) is 6.61 Å². The van der Waals surface area contributed by atoms with Crippen molar-refractivity contribution in [1.82, 2.24) is 16.2 Å². The lowest BCUT2D eigenvalue weighted by molar-refractivity contribution is -0.123. The summed E-state index contributed by atoms with van der Waals surface area (Å²) in [6, 6.07) is 6.78. The molecule has 0 aliphatic heterocycles. The molecule has 1 aromatic rings. The number of nitrogens with one attached hydrogen (secondary N) is 3. The van der Waals surface area contributed by atoms with Crippen molar-refractivity contribution < 1.29 is 14.3 Å². The summed E-state index contributed by atoms with van der Waals surface area (Å²) >= 11 is 3.31. The molecule has 1 aromatic carbocycles. The number of benzene rings is 1. The lowest BCUT2D eigenvalue weighted by Gasteiger charge is -2.15. The summed E-state index contributed by atoms with van der Waals surface area (Å²) < 4.78 is 6.20. The Bertz CT molecular complexity index is 461. The van der Waals surface area contributed by atoms with Gasteiger partial charge in [0.2, 0.25) is 0 Å². The normalized spacial score (nSPS) is 10.1. The van der Waals surface area contributed by atoms with E-state index in [1.54, 1.807) is 12.1 Å². The predicted molar refractivity (Wildman–Crippen MR) is 83.8 cm³/mol. The number of urea groups is 1. The number of rotatable bonds is 6. The largest absolute Gasteiger partial charge is 0.484 e. The molecule has 6 nitrogen and oxygen atoms in total. The highest BCUT2D eigenvalue weighted by Crippen LogP contribution is 2.15. The maximum Gasteiger partial charge on any atom is 0.333 e. The molecule has 0 aliphatic rings. The average Bonchev–Trinajstić information content (AvgIpc) is 2.50. The molecule has 116 valence electrons. The summed E-state index contributed by atoms with van der Waals surface area (Å²) in [5, 5.41) is 2.74. The van der Waals surface area contributed by atoms with Gasteiger partial charge in [0.1, 0.15) is 5.75 Å². The molecule has 3 amide bonds. The van der Waals surface area contributed by atoms with Crippen LogP contribution in [0.25, 0.3) is 0 Å². The van der Waals surface area contributed by atoms with Crippen molar-refractivity contribution in [2.75, 3.05) is 6.61 Å². The van der Waals surface area contributed by atoms with Crippen LogP contribution in [0, 0.1) is 0 Å². The highest BCUT2D eigenvalue weighted by Gasteiger charge is 2.09. The molecular formula is C14H20BrN3O3. The minimum absolute atomic E-state index is 0.0981. The van der Waals surface area contributed by atoms with Gasteiger partial charge in [0.25, 0.3) is 5.91 Å². The third-order valence-corrected chi connectivity index (χ3v) is 3.35. The van der Waals surface area contributed by atoms with E-state index in [2.05, 4.69) is 32.1 Å². The van der Waals surface area contributed by atoms with E-state index in [0.29, 0.717) is 5.75 Å². The number of ether oxygens (including phenoxy) is 1. The molecule has 7 heteroatoms. The SMILES string of the molecule is CCC(CC)NC(=O)NNC(=O)COc1ccc(Br)cc1. The smallest absolute Gasteiger partial charge is 0.333 e. The molecular weight excluding hydrogens is 338 g/mol. The molecule has 0 aliphatic carbocycles. The maximum absolute atomic E-state index is 11.5. The van der Waals surface area contributed by atoms with Crippen molar-refractivity contribution in [1.29, 1.82) is 0 Å². The van der Waals surface area contributed by atoms with Crippen LogP contribution in [0.1, 0.15) is 26.7 Å². The van der Waals surface area contributed by atoms with Crippen LogP contribution in [-0.4, -0.2) is 24.6 Å². The van der Waals surface area contributed by atoms with E-state index in [0.717, 1.165) is 17.3 Å². The molecule has 1 rings (SSSR count). The average molecular weight is 358 g/mol. The Kier molecular flexibility index (Phi) is 7.60. The summed E-state index contributed by atoms with van der Waals surface area (Å²) in [4.78, 5) is 23.0. The van der Waals surface area contributed by atoms with Crippen LogP contribution in [0.4, 0.5) is 4.79 Å². The van der Waals surface area contributed by atoms with Crippen molar-refractivity contribution in [3.05, 3.63) is 28.7 Å². The molecule has 0 atom stereocenters. The second-order valence-electron chi connectivity index (χ2n) is 4.40. The fraction of sp³-hybridized carbons (Fsp3) is 0.429. The summed E-state index contributed by atoms with van der Waals surface area (Å²) in [6.45, 7) is 3.80. The third-order valence-electron chi connectivity index (χ3n) is 2.82. The van der Waals surface area contributed by atoms with Gasteiger partial charge in [-0.1, -0.05) is 29.8 Å². The van der Waals surface area contributed by atoms with Crippen LogP contribution < -0.4 is 20.9 Å². The van der Waals surface area contributed by atoms with Crippen LogP contribution in [0.3, 0.4) is 0 Å². The number of amides is 3. The predicted octanol–water partition coefficient (Wildman–Crippen LogP) is 2.35. The summed E-state index contributed by atoms with van der Waals surface area (Å²) in [5.41, 5.74) is 4.57. The Morgan fingerprint density at radius 3 is 2.33 bits per heavy atom. The summed E-state index contributed by atoms with van der Waals surface area (Å²) in [7, 11) is 0. The summed E-state index contributed by atoms with van der Waals surface area (Å²) in [5.74, 6) is 0.146. The number of hydrogen-bond donors (Lipinski definition) is 3. The van der Waals surface area contributed by atoms with E-state index < -0.39 is 11.9 Å². The molecule has 3 N–H and O–H groups in total. The molecule has 0 saturated heterocycles. The van der Waals surface area contributed by atoms with E-state index in [9.17, 15) is 9.59 Å². The minimum atomic E-state index is -0.433. The number of carbonyl (C=O) groups excluding carboxylic acids is 2. The van der Waals surface area contributed by atoms with Gasteiger partial charge in [0, 0.05) is 10.5 Å². The molecule has 0 radical (unpaired) electrons. The zero-order valence-corrected chi connectivity index (χ0v) is 13.7. The number of carbonyl (C=O) groups is 2. The van der Waals surface area contributed by atoms with Crippen LogP contribution in [0.5, 0.6) is 5.75 Å². The Hall–Kier alpha value is -1.76. The van der Waals surface area contributed by atoms with Crippen molar-refractivity contribution >= 4 is 27.9 Å². The van der Waals surface area contributed by atoms with E-state index >= 15 is 0 Å². The number of halogens is 1. The molecule has 0 heterocycles. The first-order valence-corrected chi connectivity index (χ1v) is 7.58. The fourth-order valence-electron chi connectivity index (χ4n) is 1.56. The van der Waals surface area contributed by atoms with Crippen molar-refractivity contribution in [2.24, 2.45) is 0 Å². The molecule has 21 heavy (non-hydrogen) atoms. The maximum atomic E-state index is 11.5. The van der Waals surface area contributed by atoms with E-state index in [-0.39, 0.29) is 12.6 Å². The zero-order valence-electron chi connectivity index (χ0n) is 12.1. The topological polar surface area (TPSA) is 79.5 Å². The van der Waals surface area contributed by atoms with Crippen molar-refractivity contribution in [3.8, 4) is 5.75 Å². The third kappa shape index (κ3) is 6.99. The Balaban J connectivity index is 2.24. The Morgan fingerprint density at radius 2 is 1.76 bits per heavy atom. The van der Waals surface area contributed by atoms with Gasteiger partial charge in [-0.3, -0.25) is 10.2 Å². The minimum Gasteiger partial charge on any atom is -0.484 e. The number of hydrogen-bond acceptors (Lipinski definition) is 3. The van der Waals surface area contributed by atoms with Gasteiger partial charge in [-0.15, -0.1) is 0 Å². The van der Waals surface area contributed by atoms with Crippen molar-refractivity contribution in [2.45, 2.75) is 32.7 Å². The Morgan fingerprint density at radius 1 is 1.14 bits per heavy atom.